The van der Waals surface area contributed by atoms with Crippen molar-refractivity contribution in [1.82, 2.24) is 5.32 Å². The fraction of sp³-hybridized carbons (Fsp3) is 0.600. The van der Waals surface area contributed by atoms with Crippen molar-refractivity contribution in [3.8, 4) is 0 Å². The van der Waals surface area contributed by atoms with Crippen LogP contribution < -0.4 is 5.32 Å². The molecular formula is C25H33NO5. The number of nitrogens with one attached hydrogen (secondary N) is 1. The number of carbonyl (C=O) groups is 2. The van der Waals surface area contributed by atoms with E-state index in [1.54, 1.807) is 6.92 Å². The molecule has 168 valence electrons. The highest BCUT2D eigenvalue weighted by Gasteiger charge is 2.76. The molecule has 0 spiro atoms. The van der Waals surface area contributed by atoms with Gasteiger partial charge in [-0.3, -0.25) is 9.59 Å². The van der Waals surface area contributed by atoms with Crippen LogP contribution in [-0.4, -0.2) is 51.4 Å². The number of hydrogen-bond donors (Lipinski definition) is 3. The molecule has 6 heteroatoms. The molecule has 3 aliphatic rings. The number of ether oxygens (including phenoxy) is 1. The standard InChI is InChI=1S/C25H33NO5/c1-14(21(28)16(3)27)9-8-12-18-22-24(4,31-22)15(2)20-19(26-23(29)25(18,20)30)13-17-10-6-5-7-11-17/h5-8,10-12,14-16,18-20,22,27,30H,9,13H2,1-4H3,(H,26,29)/b12-8+/t14-,15-,16-,18-,19-,20-,22-,24+,25+/m0/s1. The number of aliphatic hydroxyl groups excluding tert-OH is 1. The summed E-state index contributed by atoms with van der Waals surface area (Å²) in [5.74, 6) is -1.64. The van der Waals surface area contributed by atoms with Crippen LogP contribution in [0.5, 0.6) is 0 Å². The lowest BCUT2D eigenvalue weighted by Gasteiger charge is -2.43. The van der Waals surface area contributed by atoms with Gasteiger partial charge in [-0.05, 0) is 38.2 Å². The molecular weight excluding hydrogens is 394 g/mol. The molecule has 4 rings (SSSR count). The minimum atomic E-state index is -1.55. The molecule has 9 atom stereocenters. The van der Waals surface area contributed by atoms with Crippen molar-refractivity contribution in [1.29, 1.82) is 0 Å². The van der Waals surface area contributed by atoms with E-state index in [2.05, 4.69) is 19.2 Å². The van der Waals surface area contributed by atoms with Gasteiger partial charge in [-0.2, -0.15) is 0 Å². The molecule has 0 bridgehead atoms. The summed E-state index contributed by atoms with van der Waals surface area (Å²) in [5, 5.41) is 24.4. The lowest BCUT2D eigenvalue weighted by atomic mass is 9.59. The highest BCUT2D eigenvalue weighted by molar-refractivity contribution is 5.90. The Morgan fingerprint density at radius 3 is 2.61 bits per heavy atom. The first kappa shape index (κ1) is 22.2. The zero-order valence-electron chi connectivity index (χ0n) is 18.6. The monoisotopic (exact) mass is 427 g/mol. The van der Waals surface area contributed by atoms with Crippen LogP contribution in [0.3, 0.4) is 0 Å². The molecule has 3 fully saturated rings. The minimum absolute atomic E-state index is 0.00977. The predicted octanol–water partition coefficient (Wildman–Crippen LogP) is 2.03. The van der Waals surface area contributed by atoms with Crippen molar-refractivity contribution >= 4 is 11.7 Å². The third-order valence-corrected chi connectivity index (χ3v) is 7.82. The molecule has 1 aliphatic carbocycles. The molecule has 1 aromatic rings. The summed E-state index contributed by atoms with van der Waals surface area (Å²) in [4.78, 5) is 25.1. The van der Waals surface area contributed by atoms with Gasteiger partial charge in [-0.25, -0.2) is 0 Å². The van der Waals surface area contributed by atoms with Gasteiger partial charge >= 0.3 is 0 Å². The van der Waals surface area contributed by atoms with Gasteiger partial charge in [0.05, 0.1) is 11.7 Å². The SMILES string of the molecule is C[C@H](O)C(=O)[C@@H](C)C/C=C/[C@H]1[C@@H]2O[C@]2(C)[C@@H](C)[C@H]2[C@H](Cc3ccccc3)NC(=O)[C@]21O. The van der Waals surface area contributed by atoms with E-state index in [4.69, 9.17) is 4.74 Å². The Labute approximate surface area is 183 Å². The third kappa shape index (κ3) is 3.55. The maximum atomic E-state index is 13.1. The number of allylic oxidation sites excluding steroid dienone is 1. The number of carbonyl (C=O) groups excluding carboxylic acids is 2. The van der Waals surface area contributed by atoms with Gasteiger partial charge in [0.15, 0.2) is 11.4 Å². The lowest BCUT2D eigenvalue weighted by molar-refractivity contribution is -0.148. The summed E-state index contributed by atoms with van der Waals surface area (Å²) in [6, 6.07) is 9.81. The Kier molecular flexibility index (Phi) is 5.61. The lowest BCUT2D eigenvalue weighted by Crippen LogP contribution is -2.59. The van der Waals surface area contributed by atoms with Crippen molar-refractivity contribution < 1.29 is 24.5 Å². The van der Waals surface area contributed by atoms with Gasteiger partial charge in [-0.15, -0.1) is 0 Å². The number of fused-ring (bicyclic) bond motifs is 2. The molecule has 0 radical (unpaired) electrons. The van der Waals surface area contributed by atoms with E-state index in [0.717, 1.165) is 5.56 Å². The van der Waals surface area contributed by atoms with Crippen molar-refractivity contribution in [2.75, 3.05) is 0 Å². The number of rotatable bonds is 7. The van der Waals surface area contributed by atoms with Crippen molar-refractivity contribution in [2.24, 2.45) is 23.7 Å². The number of aliphatic hydroxyl groups is 2. The largest absolute Gasteiger partial charge is 0.386 e. The molecule has 0 aromatic heterocycles. The van der Waals surface area contributed by atoms with Gasteiger partial charge in [0.25, 0.3) is 5.91 Å². The van der Waals surface area contributed by atoms with Crippen molar-refractivity contribution in [3.05, 3.63) is 48.0 Å². The number of Topliss-reactive ketones (excluding diaryl/α,β-unsaturated/α-hetero) is 1. The number of epoxide rings is 1. The quantitative estimate of drug-likeness (QED) is 0.457. The average molecular weight is 428 g/mol. The van der Waals surface area contributed by atoms with E-state index < -0.39 is 17.6 Å². The Balaban J connectivity index is 1.59. The summed E-state index contributed by atoms with van der Waals surface area (Å²) in [6.07, 6.45) is 3.56. The smallest absolute Gasteiger partial charge is 0.253 e. The minimum Gasteiger partial charge on any atom is -0.386 e. The average Bonchev–Trinajstić information content (AvgIpc) is 3.36. The number of hydrogen-bond acceptors (Lipinski definition) is 5. The van der Waals surface area contributed by atoms with Crippen LogP contribution in [0.2, 0.25) is 0 Å². The van der Waals surface area contributed by atoms with E-state index >= 15 is 0 Å². The summed E-state index contributed by atoms with van der Waals surface area (Å²) in [5.41, 5.74) is -0.812. The van der Waals surface area contributed by atoms with Crippen LogP contribution in [-0.2, 0) is 20.7 Å². The fourth-order valence-corrected chi connectivity index (χ4v) is 5.81. The molecule has 2 saturated heterocycles. The van der Waals surface area contributed by atoms with Crippen LogP contribution in [0.1, 0.15) is 39.7 Å². The molecule has 1 saturated carbocycles. The van der Waals surface area contributed by atoms with E-state index in [9.17, 15) is 19.8 Å². The van der Waals surface area contributed by atoms with E-state index in [1.807, 2.05) is 42.5 Å². The van der Waals surface area contributed by atoms with Gasteiger partial charge in [0.1, 0.15) is 6.10 Å². The second-order valence-electron chi connectivity index (χ2n) is 9.80. The Morgan fingerprint density at radius 1 is 1.29 bits per heavy atom. The van der Waals surface area contributed by atoms with Gasteiger partial charge < -0.3 is 20.3 Å². The zero-order valence-corrected chi connectivity index (χ0v) is 18.6. The highest BCUT2D eigenvalue weighted by Crippen LogP contribution is 2.62. The van der Waals surface area contributed by atoms with E-state index in [-0.39, 0.29) is 47.2 Å². The van der Waals surface area contributed by atoms with E-state index in [0.29, 0.717) is 12.8 Å². The van der Waals surface area contributed by atoms with Crippen LogP contribution in [0, 0.1) is 23.7 Å². The molecule has 31 heavy (non-hydrogen) atoms. The third-order valence-electron chi connectivity index (χ3n) is 7.82. The van der Waals surface area contributed by atoms with Crippen LogP contribution in [0.4, 0.5) is 0 Å². The Morgan fingerprint density at radius 2 is 1.97 bits per heavy atom. The second kappa shape index (κ2) is 7.84. The summed E-state index contributed by atoms with van der Waals surface area (Å²) < 4.78 is 6.08. The first-order valence-electron chi connectivity index (χ1n) is 11.2. The van der Waals surface area contributed by atoms with Gasteiger partial charge in [0, 0.05) is 23.8 Å². The normalized spacial score (nSPS) is 40.7. The number of amides is 1. The Bertz CT molecular complexity index is 883. The zero-order chi connectivity index (χ0) is 22.6. The second-order valence-corrected chi connectivity index (χ2v) is 9.80. The fourth-order valence-electron chi connectivity index (χ4n) is 5.81. The maximum Gasteiger partial charge on any atom is 0.253 e. The number of ketones is 1. The first-order chi connectivity index (χ1) is 14.6. The molecule has 1 aromatic carbocycles. The van der Waals surface area contributed by atoms with Crippen LogP contribution >= 0.6 is 0 Å². The van der Waals surface area contributed by atoms with Crippen molar-refractivity contribution in [3.63, 3.8) is 0 Å². The van der Waals surface area contributed by atoms with Gasteiger partial charge in [-0.1, -0.05) is 56.3 Å². The van der Waals surface area contributed by atoms with Crippen LogP contribution in [0.25, 0.3) is 0 Å². The highest BCUT2D eigenvalue weighted by atomic mass is 16.6. The Hall–Kier alpha value is -2.02. The topological polar surface area (TPSA) is 99.2 Å². The number of benzene rings is 1. The van der Waals surface area contributed by atoms with E-state index in [1.165, 1.54) is 6.92 Å². The molecule has 2 heterocycles. The predicted molar refractivity (Wildman–Crippen MR) is 116 cm³/mol. The molecule has 3 N–H and O–H groups in total. The maximum absolute atomic E-state index is 13.1. The molecule has 0 unspecified atom stereocenters. The summed E-state index contributed by atoms with van der Waals surface area (Å²) in [7, 11) is 0. The molecule has 6 nitrogen and oxygen atoms in total. The molecule has 2 aliphatic heterocycles. The summed E-state index contributed by atoms with van der Waals surface area (Å²) in [6.45, 7) is 7.37. The van der Waals surface area contributed by atoms with Gasteiger partial charge in [0.2, 0.25) is 0 Å². The molecule has 1 amide bonds. The van der Waals surface area contributed by atoms with Crippen LogP contribution in [0.15, 0.2) is 42.5 Å². The first-order valence-corrected chi connectivity index (χ1v) is 11.2. The van der Waals surface area contributed by atoms with Crippen molar-refractivity contribution in [2.45, 2.75) is 70.0 Å². The summed E-state index contributed by atoms with van der Waals surface area (Å²) >= 11 is 0.